The van der Waals surface area contributed by atoms with Crippen molar-refractivity contribution in [1.29, 1.82) is 0 Å². The first-order valence-electron chi connectivity index (χ1n) is 8.14. The average Bonchev–Trinajstić information content (AvgIpc) is 2.86. The van der Waals surface area contributed by atoms with Crippen molar-refractivity contribution in [2.45, 2.75) is 38.5 Å². The van der Waals surface area contributed by atoms with Gasteiger partial charge < -0.3 is 10.0 Å². The number of aliphatic hydroxyl groups excluding tert-OH is 1. The smallest absolute Gasteiger partial charge is 0.226 e. The van der Waals surface area contributed by atoms with E-state index in [-0.39, 0.29) is 6.61 Å². The van der Waals surface area contributed by atoms with E-state index in [1.54, 1.807) is 0 Å². The number of aliphatic hydroxyl groups is 1. The summed E-state index contributed by atoms with van der Waals surface area (Å²) < 4.78 is 0. The Morgan fingerprint density at radius 1 is 1.05 bits per heavy atom. The first-order valence-corrected chi connectivity index (χ1v) is 8.14. The maximum Gasteiger partial charge on any atom is 0.226 e. The number of amides is 1. The van der Waals surface area contributed by atoms with E-state index in [1.807, 2.05) is 0 Å². The van der Waals surface area contributed by atoms with Gasteiger partial charge in [0, 0.05) is 31.5 Å². The van der Waals surface area contributed by atoms with Crippen LogP contribution in [0.15, 0.2) is 0 Å². The van der Waals surface area contributed by atoms with Crippen LogP contribution in [0.25, 0.3) is 0 Å². The van der Waals surface area contributed by atoms with E-state index in [9.17, 15) is 9.90 Å². The molecule has 0 radical (unpaired) electrons. The number of rotatable bonds is 2. The van der Waals surface area contributed by atoms with Crippen molar-refractivity contribution in [3.05, 3.63) is 0 Å². The molecule has 106 valence electrons. The highest BCUT2D eigenvalue weighted by Gasteiger charge is 2.51. The molecule has 1 saturated heterocycles. The van der Waals surface area contributed by atoms with E-state index in [2.05, 4.69) is 4.90 Å². The first kappa shape index (κ1) is 12.2. The molecule has 4 saturated carbocycles. The monoisotopic (exact) mass is 263 g/mol. The highest BCUT2D eigenvalue weighted by molar-refractivity contribution is 5.80. The van der Waals surface area contributed by atoms with Crippen molar-refractivity contribution in [1.82, 2.24) is 4.90 Å². The lowest BCUT2D eigenvalue weighted by Crippen LogP contribution is -2.51. The van der Waals surface area contributed by atoms with Gasteiger partial charge in [-0.3, -0.25) is 4.79 Å². The maximum atomic E-state index is 12.8. The van der Waals surface area contributed by atoms with Gasteiger partial charge in [0.25, 0.3) is 0 Å². The fourth-order valence-corrected chi connectivity index (χ4v) is 5.72. The molecule has 0 aromatic heterocycles. The predicted octanol–water partition coefficient (Wildman–Crippen LogP) is 1.90. The third kappa shape index (κ3) is 1.93. The zero-order valence-corrected chi connectivity index (χ0v) is 11.6. The van der Waals surface area contributed by atoms with E-state index in [4.69, 9.17) is 0 Å². The quantitative estimate of drug-likeness (QED) is 0.826. The predicted molar refractivity (Wildman–Crippen MR) is 72.3 cm³/mol. The third-order valence-electron chi connectivity index (χ3n) is 6.37. The molecule has 1 amide bonds. The van der Waals surface area contributed by atoms with Crippen LogP contribution in [0, 0.1) is 35.5 Å². The summed E-state index contributed by atoms with van der Waals surface area (Å²) in [5, 5.41) is 9.24. The molecule has 0 spiro atoms. The fourth-order valence-electron chi connectivity index (χ4n) is 5.72. The number of carbonyl (C=O) groups is 1. The molecule has 3 heteroatoms. The van der Waals surface area contributed by atoms with Crippen molar-refractivity contribution in [2.75, 3.05) is 19.7 Å². The highest BCUT2D eigenvalue weighted by Crippen LogP contribution is 2.57. The van der Waals surface area contributed by atoms with Crippen molar-refractivity contribution < 1.29 is 9.90 Å². The largest absolute Gasteiger partial charge is 0.396 e. The Kier molecular flexibility index (Phi) is 2.87. The minimum absolute atomic E-state index is 0.242. The lowest BCUT2D eigenvalue weighted by molar-refractivity contribution is -0.148. The summed E-state index contributed by atoms with van der Waals surface area (Å²) in [5.41, 5.74) is 0. The van der Waals surface area contributed by atoms with Gasteiger partial charge in [0.05, 0.1) is 0 Å². The van der Waals surface area contributed by atoms with Gasteiger partial charge >= 0.3 is 0 Å². The van der Waals surface area contributed by atoms with Crippen LogP contribution in [-0.4, -0.2) is 35.6 Å². The van der Waals surface area contributed by atoms with Crippen molar-refractivity contribution in [2.24, 2.45) is 35.5 Å². The Bertz CT molecular complexity index is 353. The molecule has 4 aliphatic carbocycles. The van der Waals surface area contributed by atoms with E-state index >= 15 is 0 Å². The Labute approximate surface area is 115 Å². The molecule has 19 heavy (non-hydrogen) atoms. The lowest BCUT2D eigenvalue weighted by atomic mass is 9.51. The normalized spacial score (nSPS) is 47.9. The van der Waals surface area contributed by atoms with Crippen molar-refractivity contribution in [3.63, 3.8) is 0 Å². The topological polar surface area (TPSA) is 40.5 Å². The van der Waals surface area contributed by atoms with Crippen LogP contribution in [0.1, 0.15) is 38.5 Å². The summed E-state index contributed by atoms with van der Waals surface area (Å²) in [5.74, 6) is 4.37. The van der Waals surface area contributed by atoms with Gasteiger partial charge in [-0.2, -0.15) is 0 Å². The summed E-state index contributed by atoms with van der Waals surface area (Å²) in [6, 6.07) is 0. The molecule has 3 nitrogen and oxygen atoms in total. The molecule has 5 rings (SSSR count). The SMILES string of the molecule is O=C(C1C2CC3CC(C2)CC1C3)N1CCC(CO)C1. The Hall–Kier alpha value is -0.570. The minimum Gasteiger partial charge on any atom is -0.396 e. The van der Waals surface area contributed by atoms with Crippen LogP contribution in [-0.2, 0) is 4.79 Å². The number of likely N-dealkylation sites (tertiary alicyclic amines) is 1. The van der Waals surface area contributed by atoms with Crippen LogP contribution in [0.5, 0.6) is 0 Å². The van der Waals surface area contributed by atoms with Gasteiger partial charge in [-0.1, -0.05) is 0 Å². The molecule has 5 aliphatic rings. The number of nitrogens with zero attached hydrogens (tertiary/aromatic N) is 1. The van der Waals surface area contributed by atoms with Gasteiger partial charge in [-0.15, -0.1) is 0 Å². The molecule has 0 aromatic rings. The molecule has 1 unspecified atom stereocenters. The molecular formula is C16H25NO2. The van der Waals surface area contributed by atoms with Gasteiger partial charge in [-0.05, 0) is 62.2 Å². The summed E-state index contributed by atoms with van der Waals surface area (Å²) in [4.78, 5) is 14.9. The Balaban J connectivity index is 1.49. The summed E-state index contributed by atoms with van der Waals surface area (Å²) in [6.45, 7) is 1.93. The van der Waals surface area contributed by atoms with Crippen LogP contribution in [0.2, 0.25) is 0 Å². The number of hydrogen-bond acceptors (Lipinski definition) is 2. The molecule has 1 atom stereocenters. The lowest BCUT2D eigenvalue weighted by Gasteiger charge is -2.54. The van der Waals surface area contributed by atoms with Crippen LogP contribution >= 0.6 is 0 Å². The van der Waals surface area contributed by atoms with Gasteiger partial charge in [0.1, 0.15) is 0 Å². The molecule has 5 fully saturated rings. The second-order valence-electron chi connectivity index (χ2n) is 7.58. The zero-order valence-electron chi connectivity index (χ0n) is 11.6. The van der Waals surface area contributed by atoms with Gasteiger partial charge in [-0.25, -0.2) is 0 Å². The zero-order chi connectivity index (χ0) is 13.0. The van der Waals surface area contributed by atoms with Crippen molar-refractivity contribution in [3.8, 4) is 0 Å². The summed E-state index contributed by atoms with van der Waals surface area (Å²) >= 11 is 0. The first-order chi connectivity index (χ1) is 9.24. The molecule has 1 aliphatic heterocycles. The number of hydrogen-bond donors (Lipinski definition) is 1. The van der Waals surface area contributed by atoms with Gasteiger partial charge in [0.2, 0.25) is 5.91 Å². The Morgan fingerprint density at radius 2 is 1.68 bits per heavy atom. The maximum absolute atomic E-state index is 12.8. The second-order valence-corrected chi connectivity index (χ2v) is 7.58. The van der Waals surface area contributed by atoms with E-state index < -0.39 is 0 Å². The van der Waals surface area contributed by atoms with E-state index in [0.717, 1.165) is 31.3 Å². The highest BCUT2D eigenvalue weighted by atomic mass is 16.3. The van der Waals surface area contributed by atoms with E-state index in [1.165, 1.54) is 32.1 Å². The number of carbonyl (C=O) groups excluding carboxylic acids is 1. The summed E-state index contributed by atoms with van der Waals surface area (Å²) in [7, 11) is 0. The molecule has 1 N–H and O–H groups in total. The summed E-state index contributed by atoms with van der Waals surface area (Å²) in [6.07, 6.45) is 7.72. The molecule has 0 aromatic carbocycles. The van der Waals surface area contributed by atoms with E-state index in [0.29, 0.717) is 29.6 Å². The van der Waals surface area contributed by atoms with Crippen LogP contribution < -0.4 is 0 Å². The minimum atomic E-state index is 0.242. The van der Waals surface area contributed by atoms with Crippen LogP contribution in [0.4, 0.5) is 0 Å². The second kappa shape index (κ2) is 4.47. The molecular weight excluding hydrogens is 238 g/mol. The third-order valence-corrected chi connectivity index (χ3v) is 6.37. The average molecular weight is 263 g/mol. The van der Waals surface area contributed by atoms with Crippen LogP contribution in [0.3, 0.4) is 0 Å². The Morgan fingerprint density at radius 3 is 2.21 bits per heavy atom. The fraction of sp³-hybridized carbons (Fsp3) is 0.938. The molecule has 4 bridgehead atoms. The van der Waals surface area contributed by atoms with Gasteiger partial charge in [0.15, 0.2) is 0 Å². The van der Waals surface area contributed by atoms with Crippen molar-refractivity contribution >= 4 is 5.91 Å². The molecule has 1 heterocycles. The standard InChI is InChI=1S/C16H25NO2/c18-9-10-1-2-17(8-10)16(19)15-13-4-11-3-12(6-13)7-14(15)5-11/h10-15,18H,1-9H2.